The van der Waals surface area contributed by atoms with E-state index >= 15 is 0 Å². The molecule has 2 bridgehead atoms. The minimum Gasteiger partial charge on any atom is -0.444 e. The van der Waals surface area contributed by atoms with Crippen LogP contribution in [0.5, 0.6) is 0 Å². The number of ether oxygens (including phenoxy) is 1. The molecule has 0 aromatic carbocycles. The quantitative estimate of drug-likeness (QED) is 0.620. The Morgan fingerprint density at radius 1 is 1.50 bits per heavy atom. The first-order valence-electron chi connectivity index (χ1n) is 5.07. The number of likely N-dealkylation sites (tertiary alicyclic amines) is 1. The van der Waals surface area contributed by atoms with Crippen LogP contribution in [0, 0.1) is 0 Å². The minimum atomic E-state index is -0.369. The molecule has 0 radical (unpaired) electrons. The maximum atomic E-state index is 11.7. The Morgan fingerprint density at radius 2 is 2.21 bits per heavy atom. The van der Waals surface area contributed by atoms with Crippen LogP contribution in [0.15, 0.2) is 0 Å². The molecule has 3 nitrogen and oxygen atoms in total. The molecular weight excluding hydrogens is 198 g/mol. The standard InChI is InChI=1S/C10H17NO2S/c1-10(2,3)13-9(12)11-5-8-4-7(11)6-14-8/h7-8H,4-6H2,1-3H3/t7-,8-/m0/s1. The third-order valence-electron chi connectivity index (χ3n) is 2.53. The Labute approximate surface area is 89.2 Å². The number of thioether (sulfide) groups is 1. The van der Waals surface area contributed by atoms with Gasteiger partial charge in [0.1, 0.15) is 5.60 Å². The average Bonchev–Trinajstić information content (AvgIpc) is 2.59. The summed E-state index contributed by atoms with van der Waals surface area (Å²) in [5, 5.41) is 0.660. The van der Waals surface area contributed by atoms with E-state index in [4.69, 9.17) is 4.74 Å². The number of amides is 1. The summed E-state index contributed by atoms with van der Waals surface area (Å²) in [4.78, 5) is 13.6. The summed E-state index contributed by atoms with van der Waals surface area (Å²) < 4.78 is 5.35. The van der Waals surface area contributed by atoms with Gasteiger partial charge < -0.3 is 9.64 Å². The summed E-state index contributed by atoms with van der Waals surface area (Å²) in [6.07, 6.45) is 1.02. The van der Waals surface area contributed by atoms with Crippen molar-refractivity contribution in [3.8, 4) is 0 Å². The lowest BCUT2D eigenvalue weighted by molar-refractivity contribution is 0.0239. The van der Waals surface area contributed by atoms with E-state index in [1.54, 1.807) is 0 Å². The fourth-order valence-electron chi connectivity index (χ4n) is 1.94. The summed E-state index contributed by atoms with van der Waals surface area (Å²) in [5.41, 5.74) is -0.369. The van der Waals surface area contributed by atoms with Crippen LogP contribution in [-0.2, 0) is 4.74 Å². The number of nitrogens with zero attached hydrogens (tertiary/aromatic N) is 1. The van der Waals surface area contributed by atoms with E-state index in [1.165, 1.54) is 0 Å². The van der Waals surface area contributed by atoms with E-state index in [9.17, 15) is 4.79 Å². The van der Waals surface area contributed by atoms with Gasteiger partial charge >= 0.3 is 6.09 Å². The van der Waals surface area contributed by atoms with Crippen LogP contribution in [-0.4, -0.2) is 40.2 Å². The number of hydrogen-bond acceptors (Lipinski definition) is 3. The number of rotatable bonds is 0. The SMILES string of the molecule is CC(C)(C)OC(=O)N1C[C@@H]2C[C@H]1CS2. The lowest BCUT2D eigenvalue weighted by atomic mass is 10.2. The van der Waals surface area contributed by atoms with Crippen molar-refractivity contribution in [2.24, 2.45) is 0 Å². The second kappa shape index (κ2) is 3.33. The molecule has 0 aromatic rings. The van der Waals surface area contributed by atoms with Crippen LogP contribution in [0.25, 0.3) is 0 Å². The van der Waals surface area contributed by atoms with Crippen molar-refractivity contribution >= 4 is 17.9 Å². The molecule has 0 unspecified atom stereocenters. The molecule has 0 spiro atoms. The molecule has 2 fully saturated rings. The molecular formula is C10H17NO2S. The second-order valence-corrected chi connectivity index (χ2v) is 6.31. The zero-order valence-electron chi connectivity index (χ0n) is 8.95. The summed E-state index contributed by atoms with van der Waals surface area (Å²) in [6, 6.07) is 0.430. The summed E-state index contributed by atoms with van der Waals surface area (Å²) in [5.74, 6) is 1.09. The first-order valence-corrected chi connectivity index (χ1v) is 6.12. The topological polar surface area (TPSA) is 29.5 Å². The third kappa shape index (κ3) is 2.00. The van der Waals surface area contributed by atoms with E-state index in [2.05, 4.69) is 0 Å². The molecule has 2 atom stereocenters. The monoisotopic (exact) mass is 215 g/mol. The maximum absolute atomic E-state index is 11.7. The van der Waals surface area contributed by atoms with Gasteiger partial charge in [-0.25, -0.2) is 4.79 Å². The van der Waals surface area contributed by atoms with E-state index in [1.807, 2.05) is 37.4 Å². The summed E-state index contributed by atoms with van der Waals surface area (Å²) >= 11 is 1.98. The smallest absolute Gasteiger partial charge is 0.410 e. The molecule has 2 rings (SSSR count). The number of fused-ring (bicyclic) bond motifs is 2. The van der Waals surface area contributed by atoms with Crippen molar-refractivity contribution in [1.82, 2.24) is 4.90 Å². The van der Waals surface area contributed by atoms with Gasteiger partial charge in [-0.15, -0.1) is 0 Å². The van der Waals surface area contributed by atoms with Crippen molar-refractivity contribution in [3.05, 3.63) is 0 Å². The molecule has 2 saturated heterocycles. The van der Waals surface area contributed by atoms with Gasteiger partial charge in [-0.05, 0) is 27.2 Å². The average molecular weight is 215 g/mol. The van der Waals surface area contributed by atoms with Gasteiger partial charge in [-0.3, -0.25) is 0 Å². The molecule has 0 aliphatic carbocycles. The fraction of sp³-hybridized carbons (Fsp3) is 0.900. The van der Waals surface area contributed by atoms with Crippen LogP contribution in [0.2, 0.25) is 0 Å². The first kappa shape index (κ1) is 10.1. The largest absolute Gasteiger partial charge is 0.444 e. The number of carbonyl (C=O) groups is 1. The van der Waals surface area contributed by atoms with Crippen molar-refractivity contribution < 1.29 is 9.53 Å². The van der Waals surface area contributed by atoms with Gasteiger partial charge in [0.05, 0.1) is 0 Å². The molecule has 0 aromatic heterocycles. The Morgan fingerprint density at radius 3 is 2.64 bits per heavy atom. The zero-order valence-corrected chi connectivity index (χ0v) is 9.76. The Kier molecular flexibility index (Phi) is 2.41. The van der Waals surface area contributed by atoms with Crippen molar-refractivity contribution in [3.63, 3.8) is 0 Å². The van der Waals surface area contributed by atoms with Crippen LogP contribution < -0.4 is 0 Å². The van der Waals surface area contributed by atoms with Gasteiger partial charge in [0, 0.05) is 23.6 Å². The highest BCUT2D eigenvalue weighted by atomic mass is 32.2. The predicted molar refractivity (Wildman–Crippen MR) is 57.6 cm³/mol. The molecule has 80 valence electrons. The normalized spacial score (nSPS) is 30.9. The van der Waals surface area contributed by atoms with Crippen molar-refractivity contribution in [1.29, 1.82) is 0 Å². The summed E-state index contributed by atoms with van der Waals surface area (Å²) in [7, 11) is 0. The Hall–Kier alpha value is -0.380. The summed E-state index contributed by atoms with van der Waals surface area (Å²) in [6.45, 7) is 6.61. The van der Waals surface area contributed by atoms with Crippen LogP contribution >= 0.6 is 11.8 Å². The Balaban J connectivity index is 1.93. The lowest BCUT2D eigenvalue weighted by Crippen LogP contribution is -2.42. The molecule has 1 amide bonds. The molecule has 4 heteroatoms. The van der Waals surface area contributed by atoms with Gasteiger partial charge in [-0.2, -0.15) is 11.8 Å². The van der Waals surface area contributed by atoms with Crippen molar-refractivity contribution in [2.75, 3.05) is 12.3 Å². The third-order valence-corrected chi connectivity index (χ3v) is 3.92. The molecule has 2 aliphatic rings. The molecule has 0 N–H and O–H groups in total. The molecule has 0 saturated carbocycles. The number of carbonyl (C=O) groups excluding carboxylic acids is 1. The fourth-order valence-corrected chi connectivity index (χ4v) is 3.38. The highest BCUT2D eigenvalue weighted by Crippen LogP contribution is 2.37. The molecule has 2 heterocycles. The van der Waals surface area contributed by atoms with E-state index in [0.717, 1.165) is 18.7 Å². The predicted octanol–water partition coefficient (Wildman–Crippen LogP) is 2.11. The molecule has 2 aliphatic heterocycles. The van der Waals surface area contributed by atoms with Crippen LogP contribution in [0.1, 0.15) is 27.2 Å². The van der Waals surface area contributed by atoms with Gasteiger partial charge in [-0.1, -0.05) is 0 Å². The van der Waals surface area contributed by atoms with Gasteiger partial charge in [0.15, 0.2) is 0 Å². The lowest BCUT2D eigenvalue weighted by Gasteiger charge is -2.29. The highest BCUT2D eigenvalue weighted by Gasteiger charge is 2.42. The van der Waals surface area contributed by atoms with Crippen molar-refractivity contribution in [2.45, 2.75) is 44.1 Å². The Bertz CT molecular complexity index is 249. The van der Waals surface area contributed by atoms with Crippen LogP contribution in [0.4, 0.5) is 4.79 Å². The zero-order chi connectivity index (χ0) is 10.3. The minimum absolute atomic E-state index is 0.134. The number of hydrogen-bond donors (Lipinski definition) is 0. The van der Waals surface area contributed by atoms with Gasteiger partial charge in [0.2, 0.25) is 0 Å². The van der Waals surface area contributed by atoms with Crippen LogP contribution in [0.3, 0.4) is 0 Å². The molecule has 14 heavy (non-hydrogen) atoms. The van der Waals surface area contributed by atoms with E-state index < -0.39 is 0 Å². The highest BCUT2D eigenvalue weighted by molar-refractivity contribution is 8.00. The first-order chi connectivity index (χ1) is 6.46. The van der Waals surface area contributed by atoms with E-state index in [-0.39, 0.29) is 11.7 Å². The van der Waals surface area contributed by atoms with Gasteiger partial charge in [0.25, 0.3) is 0 Å². The van der Waals surface area contributed by atoms with E-state index in [0.29, 0.717) is 11.3 Å². The maximum Gasteiger partial charge on any atom is 0.410 e. The second-order valence-electron chi connectivity index (χ2n) is 4.98.